The Morgan fingerprint density at radius 1 is 0.613 bits per heavy atom. The number of hydrogen-bond acceptors (Lipinski definition) is 10. The van der Waals surface area contributed by atoms with Gasteiger partial charge in [-0.2, -0.15) is 15.0 Å². The molecule has 1 aromatic rings. The van der Waals surface area contributed by atoms with Gasteiger partial charge in [-0.1, -0.05) is 32.1 Å². The highest BCUT2D eigenvalue weighted by molar-refractivity contribution is 5.47. The van der Waals surface area contributed by atoms with Crippen LogP contribution in [0, 0.1) is 0 Å². The van der Waals surface area contributed by atoms with Gasteiger partial charge in [0, 0.05) is 56.4 Å². The second kappa shape index (κ2) is 10.2. The lowest BCUT2D eigenvalue weighted by molar-refractivity contribution is 0.440. The SMILES string of the molecule is N[C@@H]1C[C@H](N)CN(c2nc(NC3CCCCCCC3)nc(N3C[C@H](N)C[C@H](N)C3)n2)C1. The second-order valence-electron chi connectivity index (χ2n) is 9.77. The highest BCUT2D eigenvalue weighted by atomic mass is 15.4. The first kappa shape index (κ1) is 22.4. The van der Waals surface area contributed by atoms with Gasteiger partial charge in [-0.15, -0.1) is 0 Å². The predicted molar refractivity (Wildman–Crippen MR) is 125 cm³/mol. The van der Waals surface area contributed by atoms with E-state index >= 15 is 0 Å². The number of nitrogens with two attached hydrogens (primary N) is 4. The number of piperidine rings is 2. The van der Waals surface area contributed by atoms with Crippen molar-refractivity contribution >= 4 is 17.8 Å². The molecule has 0 aromatic carbocycles. The molecule has 2 saturated heterocycles. The molecule has 1 saturated carbocycles. The van der Waals surface area contributed by atoms with E-state index < -0.39 is 0 Å². The molecule has 9 N–H and O–H groups in total. The van der Waals surface area contributed by atoms with Crippen molar-refractivity contribution in [2.75, 3.05) is 41.3 Å². The molecule has 0 amide bonds. The molecule has 0 radical (unpaired) electrons. The molecule has 4 atom stereocenters. The molecule has 10 heteroatoms. The van der Waals surface area contributed by atoms with Crippen LogP contribution in [0.5, 0.6) is 0 Å². The minimum absolute atomic E-state index is 0.0165. The summed E-state index contributed by atoms with van der Waals surface area (Å²) < 4.78 is 0. The molecular formula is C21H40N10. The third kappa shape index (κ3) is 6.15. The van der Waals surface area contributed by atoms with Gasteiger partial charge < -0.3 is 38.1 Å². The van der Waals surface area contributed by atoms with Gasteiger partial charge in [0.2, 0.25) is 17.8 Å². The lowest BCUT2D eigenvalue weighted by atomic mass is 9.97. The van der Waals surface area contributed by atoms with Crippen molar-refractivity contribution in [1.82, 2.24) is 15.0 Å². The number of hydrogen-bond donors (Lipinski definition) is 5. The minimum atomic E-state index is 0.0165. The Balaban J connectivity index is 1.59. The van der Waals surface area contributed by atoms with Gasteiger partial charge in [-0.25, -0.2) is 0 Å². The zero-order valence-corrected chi connectivity index (χ0v) is 18.6. The number of rotatable bonds is 4. The van der Waals surface area contributed by atoms with Crippen molar-refractivity contribution in [2.24, 2.45) is 22.9 Å². The van der Waals surface area contributed by atoms with Gasteiger partial charge in [0.1, 0.15) is 0 Å². The van der Waals surface area contributed by atoms with Crippen LogP contribution >= 0.6 is 0 Å². The molecule has 0 spiro atoms. The molecule has 31 heavy (non-hydrogen) atoms. The maximum atomic E-state index is 6.24. The number of aromatic nitrogens is 3. The van der Waals surface area contributed by atoms with E-state index in [0.29, 0.717) is 50.1 Å². The van der Waals surface area contributed by atoms with E-state index in [-0.39, 0.29) is 24.2 Å². The maximum Gasteiger partial charge on any atom is 0.232 e. The first-order valence-corrected chi connectivity index (χ1v) is 12.0. The Kier molecular flexibility index (Phi) is 7.42. The maximum absolute atomic E-state index is 6.24. The van der Waals surface area contributed by atoms with E-state index in [0.717, 1.165) is 25.7 Å². The van der Waals surface area contributed by atoms with Gasteiger partial charge >= 0.3 is 0 Å². The summed E-state index contributed by atoms with van der Waals surface area (Å²) in [6.45, 7) is 2.77. The number of anilines is 3. The summed E-state index contributed by atoms with van der Waals surface area (Å²) in [6, 6.07) is 0.455. The van der Waals surface area contributed by atoms with Crippen molar-refractivity contribution in [1.29, 1.82) is 0 Å². The molecule has 10 nitrogen and oxygen atoms in total. The Hall–Kier alpha value is -1.75. The summed E-state index contributed by atoms with van der Waals surface area (Å²) in [5.74, 6) is 1.90. The van der Waals surface area contributed by atoms with E-state index in [9.17, 15) is 0 Å². The lowest BCUT2D eigenvalue weighted by Gasteiger charge is -2.37. The topological polar surface area (TPSA) is 161 Å². The predicted octanol–water partition coefficient (Wildman–Crippen LogP) is 0.126. The molecule has 0 bridgehead atoms. The first-order chi connectivity index (χ1) is 15.0. The van der Waals surface area contributed by atoms with Gasteiger partial charge in [0.15, 0.2) is 0 Å². The van der Waals surface area contributed by atoms with E-state index in [1.807, 2.05) is 0 Å². The molecule has 3 fully saturated rings. The summed E-state index contributed by atoms with van der Waals surface area (Å²) in [6.07, 6.45) is 10.4. The second-order valence-corrected chi connectivity index (χ2v) is 9.77. The molecule has 3 aliphatic rings. The third-order valence-electron chi connectivity index (χ3n) is 6.65. The summed E-state index contributed by atoms with van der Waals surface area (Å²) >= 11 is 0. The number of nitrogens with one attached hydrogen (secondary N) is 1. The van der Waals surface area contributed by atoms with Crippen LogP contribution in [0.25, 0.3) is 0 Å². The van der Waals surface area contributed by atoms with E-state index in [4.69, 9.17) is 37.9 Å². The Morgan fingerprint density at radius 2 is 1.03 bits per heavy atom. The molecule has 1 aromatic heterocycles. The van der Waals surface area contributed by atoms with Crippen LogP contribution in [0.4, 0.5) is 17.8 Å². The van der Waals surface area contributed by atoms with Gasteiger partial charge in [-0.05, 0) is 25.7 Å². The molecular weight excluding hydrogens is 392 g/mol. The van der Waals surface area contributed by atoms with E-state index in [1.54, 1.807) is 0 Å². The molecule has 3 heterocycles. The van der Waals surface area contributed by atoms with Crippen molar-refractivity contribution in [2.45, 2.75) is 88.0 Å². The quantitative estimate of drug-likeness (QED) is 0.442. The van der Waals surface area contributed by atoms with Crippen LogP contribution in [-0.4, -0.2) is 71.3 Å². The van der Waals surface area contributed by atoms with Crippen LogP contribution in [0.1, 0.15) is 57.8 Å². The molecule has 4 rings (SSSR count). The summed E-state index contributed by atoms with van der Waals surface area (Å²) in [4.78, 5) is 18.6. The van der Waals surface area contributed by atoms with Crippen LogP contribution in [0.2, 0.25) is 0 Å². The van der Waals surface area contributed by atoms with E-state index in [2.05, 4.69) is 15.1 Å². The average Bonchev–Trinajstić information content (AvgIpc) is 2.68. The fourth-order valence-electron chi connectivity index (χ4n) is 5.17. The fourth-order valence-corrected chi connectivity index (χ4v) is 5.17. The highest BCUT2D eigenvalue weighted by Gasteiger charge is 2.29. The smallest absolute Gasteiger partial charge is 0.232 e. The van der Waals surface area contributed by atoms with Gasteiger partial charge in [0.25, 0.3) is 0 Å². The average molecular weight is 433 g/mol. The monoisotopic (exact) mass is 432 g/mol. The lowest BCUT2D eigenvalue weighted by Crippen LogP contribution is -2.54. The molecule has 1 aliphatic carbocycles. The van der Waals surface area contributed by atoms with Crippen LogP contribution < -0.4 is 38.1 Å². The highest BCUT2D eigenvalue weighted by Crippen LogP contribution is 2.24. The van der Waals surface area contributed by atoms with Crippen LogP contribution in [0.15, 0.2) is 0 Å². The van der Waals surface area contributed by atoms with Gasteiger partial charge in [0.05, 0.1) is 0 Å². The van der Waals surface area contributed by atoms with E-state index in [1.165, 1.54) is 32.1 Å². The Morgan fingerprint density at radius 3 is 1.48 bits per heavy atom. The van der Waals surface area contributed by atoms with Gasteiger partial charge in [-0.3, -0.25) is 0 Å². The normalized spacial score (nSPS) is 31.2. The Labute approximate surface area is 185 Å². The molecule has 174 valence electrons. The Bertz CT molecular complexity index is 643. The van der Waals surface area contributed by atoms with Crippen molar-refractivity contribution in [3.8, 4) is 0 Å². The third-order valence-corrected chi connectivity index (χ3v) is 6.65. The van der Waals surface area contributed by atoms with Crippen molar-refractivity contribution in [3.05, 3.63) is 0 Å². The summed E-state index contributed by atoms with van der Waals surface area (Å²) in [5, 5.41) is 3.61. The first-order valence-electron chi connectivity index (χ1n) is 12.0. The fraction of sp³-hybridized carbons (Fsp3) is 0.857. The molecule has 0 unspecified atom stereocenters. The van der Waals surface area contributed by atoms with Crippen LogP contribution in [-0.2, 0) is 0 Å². The zero-order chi connectivity index (χ0) is 21.8. The van der Waals surface area contributed by atoms with Crippen molar-refractivity contribution in [3.63, 3.8) is 0 Å². The van der Waals surface area contributed by atoms with Crippen molar-refractivity contribution < 1.29 is 0 Å². The largest absolute Gasteiger partial charge is 0.351 e. The summed E-state index contributed by atoms with van der Waals surface area (Å²) in [5.41, 5.74) is 25.0. The summed E-state index contributed by atoms with van der Waals surface area (Å²) in [7, 11) is 0. The standard InChI is InChI=1S/C21H40N10/c22-14-8-15(23)11-30(10-14)20-27-19(26-18-6-4-2-1-3-5-7-18)28-21(29-20)31-12-16(24)9-17(25)13-31/h14-18H,1-13,22-25H2,(H,26,27,28,29)/t14-,15+,16-,17+. The zero-order valence-electron chi connectivity index (χ0n) is 18.6. The minimum Gasteiger partial charge on any atom is -0.351 e. The van der Waals surface area contributed by atoms with Crippen LogP contribution in [0.3, 0.4) is 0 Å². The number of nitrogens with zero attached hydrogens (tertiary/aromatic N) is 5. The molecule has 2 aliphatic heterocycles.